The SMILES string of the molecule is CCCCCCCCCCCC[N+](C)(C)CCOCc1ccccc1. The van der Waals surface area contributed by atoms with Gasteiger partial charge < -0.3 is 9.22 Å². The van der Waals surface area contributed by atoms with Gasteiger partial charge >= 0.3 is 0 Å². The predicted octanol–water partition coefficient (Wildman–Crippen LogP) is 6.20. The molecule has 1 aromatic rings. The van der Waals surface area contributed by atoms with Gasteiger partial charge in [0.2, 0.25) is 0 Å². The minimum Gasteiger partial charge on any atom is -0.371 e. The molecule has 0 bridgehead atoms. The fourth-order valence-corrected chi connectivity index (χ4v) is 3.22. The number of benzene rings is 1. The molecule has 25 heavy (non-hydrogen) atoms. The van der Waals surface area contributed by atoms with E-state index in [-0.39, 0.29) is 0 Å². The van der Waals surface area contributed by atoms with Crippen molar-refractivity contribution in [3.05, 3.63) is 35.9 Å². The van der Waals surface area contributed by atoms with E-state index in [1.807, 2.05) is 0 Å². The zero-order chi connectivity index (χ0) is 18.2. The summed E-state index contributed by atoms with van der Waals surface area (Å²) in [5, 5.41) is 0. The average molecular weight is 349 g/mol. The Labute approximate surface area is 157 Å². The third kappa shape index (κ3) is 13.1. The fourth-order valence-electron chi connectivity index (χ4n) is 3.22. The number of quaternary nitrogens is 1. The van der Waals surface area contributed by atoms with Gasteiger partial charge in [-0.05, 0) is 18.4 Å². The number of ether oxygens (including phenoxy) is 1. The maximum atomic E-state index is 5.84. The lowest BCUT2D eigenvalue weighted by Crippen LogP contribution is -2.43. The average Bonchev–Trinajstić information content (AvgIpc) is 2.61. The van der Waals surface area contributed by atoms with Crippen LogP contribution >= 0.6 is 0 Å². The second-order valence-corrected chi connectivity index (χ2v) is 8.10. The molecule has 2 nitrogen and oxygen atoms in total. The summed E-state index contributed by atoms with van der Waals surface area (Å²) in [6.45, 7) is 6.24. The van der Waals surface area contributed by atoms with Crippen LogP contribution in [0.5, 0.6) is 0 Å². The monoisotopic (exact) mass is 348 g/mol. The molecule has 144 valence electrons. The molecule has 0 unspecified atom stereocenters. The van der Waals surface area contributed by atoms with Gasteiger partial charge in [0.25, 0.3) is 0 Å². The Morgan fingerprint density at radius 3 is 1.88 bits per heavy atom. The van der Waals surface area contributed by atoms with Crippen LogP contribution in [0.4, 0.5) is 0 Å². The number of likely N-dealkylation sites (N-methyl/N-ethyl adjacent to an activating group) is 1. The Bertz CT molecular complexity index is 402. The Morgan fingerprint density at radius 1 is 0.720 bits per heavy atom. The number of hydrogen-bond acceptors (Lipinski definition) is 1. The molecule has 0 aliphatic heterocycles. The van der Waals surface area contributed by atoms with Crippen molar-refractivity contribution in [2.45, 2.75) is 77.7 Å². The van der Waals surface area contributed by atoms with Gasteiger partial charge in [0.1, 0.15) is 6.54 Å². The molecule has 0 saturated heterocycles. The second-order valence-electron chi connectivity index (χ2n) is 8.10. The van der Waals surface area contributed by atoms with Crippen LogP contribution in [0, 0.1) is 0 Å². The summed E-state index contributed by atoms with van der Waals surface area (Å²) in [6, 6.07) is 10.5. The molecule has 0 radical (unpaired) electrons. The van der Waals surface area contributed by atoms with Gasteiger partial charge in [0.15, 0.2) is 0 Å². The molecule has 0 aliphatic carbocycles. The first-order chi connectivity index (χ1) is 12.1. The summed E-state index contributed by atoms with van der Waals surface area (Å²) >= 11 is 0. The lowest BCUT2D eigenvalue weighted by atomic mass is 10.1. The van der Waals surface area contributed by atoms with Crippen molar-refractivity contribution in [3.8, 4) is 0 Å². The van der Waals surface area contributed by atoms with Crippen molar-refractivity contribution in [2.24, 2.45) is 0 Å². The third-order valence-corrected chi connectivity index (χ3v) is 5.07. The minimum atomic E-state index is 0.735. The maximum Gasteiger partial charge on any atom is 0.102 e. The van der Waals surface area contributed by atoms with Crippen molar-refractivity contribution in [3.63, 3.8) is 0 Å². The van der Waals surface area contributed by atoms with Gasteiger partial charge in [0.05, 0.1) is 33.9 Å². The summed E-state index contributed by atoms with van der Waals surface area (Å²) in [5.41, 5.74) is 1.27. The summed E-state index contributed by atoms with van der Waals surface area (Å²) in [6.07, 6.45) is 14.1. The van der Waals surface area contributed by atoms with Crippen LogP contribution in [0.2, 0.25) is 0 Å². The highest BCUT2D eigenvalue weighted by molar-refractivity contribution is 5.13. The highest BCUT2D eigenvalue weighted by Gasteiger charge is 2.13. The van der Waals surface area contributed by atoms with E-state index in [1.165, 1.54) is 76.3 Å². The van der Waals surface area contributed by atoms with Gasteiger partial charge in [-0.3, -0.25) is 0 Å². The highest BCUT2D eigenvalue weighted by atomic mass is 16.5. The lowest BCUT2D eigenvalue weighted by molar-refractivity contribution is -0.891. The van der Waals surface area contributed by atoms with E-state index in [1.54, 1.807) is 0 Å². The number of hydrogen-bond donors (Lipinski definition) is 0. The van der Waals surface area contributed by atoms with Gasteiger partial charge in [-0.1, -0.05) is 88.6 Å². The Morgan fingerprint density at radius 2 is 1.28 bits per heavy atom. The van der Waals surface area contributed by atoms with E-state index in [0.29, 0.717) is 0 Å². The van der Waals surface area contributed by atoms with Crippen LogP contribution in [0.15, 0.2) is 30.3 Å². The lowest BCUT2D eigenvalue weighted by Gasteiger charge is -2.29. The third-order valence-electron chi connectivity index (χ3n) is 5.07. The summed E-state index contributed by atoms with van der Waals surface area (Å²) in [4.78, 5) is 0. The van der Waals surface area contributed by atoms with Gasteiger partial charge in [-0.2, -0.15) is 0 Å². The zero-order valence-corrected chi connectivity index (χ0v) is 17.1. The van der Waals surface area contributed by atoms with E-state index in [4.69, 9.17) is 4.74 Å². The first kappa shape index (κ1) is 22.2. The van der Waals surface area contributed by atoms with Crippen molar-refractivity contribution >= 4 is 0 Å². The van der Waals surface area contributed by atoms with Crippen molar-refractivity contribution in [1.29, 1.82) is 0 Å². The molecular weight excluding hydrogens is 306 g/mol. The summed E-state index contributed by atoms with van der Waals surface area (Å²) < 4.78 is 6.91. The zero-order valence-electron chi connectivity index (χ0n) is 17.1. The minimum absolute atomic E-state index is 0.735. The van der Waals surface area contributed by atoms with Crippen molar-refractivity contribution in [1.82, 2.24) is 0 Å². The largest absolute Gasteiger partial charge is 0.371 e. The Balaban J connectivity index is 1.93. The summed E-state index contributed by atoms with van der Waals surface area (Å²) in [7, 11) is 4.67. The molecule has 0 aromatic heterocycles. The molecule has 0 amide bonds. The first-order valence-corrected chi connectivity index (χ1v) is 10.6. The number of rotatable bonds is 16. The van der Waals surface area contributed by atoms with Crippen LogP contribution in [0.25, 0.3) is 0 Å². The molecule has 0 spiro atoms. The molecule has 0 fully saturated rings. The van der Waals surface area contributed by atoms with Crippen LogP contribution in [-0.4, -0.2) is 38.3 Å². The van der Waals surface area contributed by atoms with E-state index in [0.717, 1.165) is 24.2 Å². The fraction of sp³-hybridized carbons (Fsp3) is 0.739. The number of nitrogens with zero attached hydrogens (tertiary/aromatic N) is 1. The maximum absolute atomic E-state index is 5.84. The summed E-state index contributed by atoms with van der Waals surface area (Å²) in [5.74, 6) is 0. The van der Waals surface area contributed by atoms with Gasteiger partial charge in [0, 0.05) is 0 Å². The molecule has 0 heterocycles. The van der Waals surface area contributed by atoms with Crippen LogP contribution < -0.4 is 0 Å². The Kier molecular flexibility index (Phi) is 12.7. The first-order valence-electron chi connectivity index (χ1n) is 10.6. The smallest absolute Gasteiger partial charge is 0.102 e. The van der Waals surface area contributed by atoms with E-state index in [9.17, 15) is 0 Å². The van der Waals surface area contributed by atoms with Gasteiger partial charge in [-0.25, -0.2) is 0 Å². The molecule has 1 aromatic carbocycles. The molecule has 0 saturated carbocycles. The van der Waals surface area contributed by atoms with Gasteiger partial charge in [-0.15, -0.1) is 0 Å². The van der Waals surface area contributed by atoms with Crippen molar-refractivity contribution in [2.75, 3.05) is 33.8 Å². The standard InChI is InChI=1S/C23H42NO/c1-4-5-6-7-8-9-10-11-12-16-19-24(2,3)20-21-25-22-23-17-14-13-15-18-23/h13-15,17-18H,4-12,16,19-22H2,1-3H3/q+1. The second kappa shape index (κ2) is 14.3. The Hall–Kier alpha value is -0.860. The van der Waals surface area contributed by atoms with E-state index < -0.39 is 0 Å². The molecule has 0 atom stereocenters. The van der Waals surface area contributed by atoms with E-state index >= 15 is 0 Å². The predicted molar refractivity (Wildman–Crippen MR) is 110 cm³/mol. The molecule has 2 heteroatoms. The van der Waals surface area contributed by atoms with Crippen LogP contribution in [0.3, 0.4) is 0 Å². The molecule has 0 aliphatic rings. The van der Waals surface area contributed by atoms with Crippen LogP contribution in [-0.2, 0) is 11.3 Å². The highest BCUT2D eigenvalue weighted by Crippen LogP contribution is 2.11. The normalized spacial score (nSPS) is 11.8. The van der Waals surface area contributed by atoms with E-state index in [2.05, 4.69) is 51.4 Å². The number of unbranched alkanes of at least 4 members (excludes halogenated alkanes) is 9. The topological polar surface area (TPSA) is 9.23 Å². The molecule has 0 N–H and O–H groups in total. The molecular formula is C23H42NO+. The molecule has 1 rings (SSSR count). The quantitative estimate of drug-likeness (QED) is 0.255. The van der Waals surface area contributed by atoms with Crippen molar-refractivity contribution < 1.29 is 9.22 Å². The van der Waals surface area contributed by atoms with Crippen LogP contribution in [0.1, 0.15) is 76.7 Å².